The molecule has 0 amide bonds. The minimum Gasteiger partial charge on any atom is -0.394 e. The van der Waals surface area contributed by atoms with Gasteiger partial charge in [0.25, 0.3) is 0 Å². The second-order valence-electron chi connectivity index (χ2n) is 8.10. The number of hydrogen-bond donors (Lipinski definition) is 2. The number of aliphatic hydroxyl groups excluding tert-OH is 1. The Morgan fingerprint density at radius 2 is 1.71 bits per heavy atom. The van der Waals surface area contributed by atoms with E-state index in [9.17, 15) is 5.11 Å². The van der Waals surface area contributed by atoms with Crippen molar-refractivity contribution in [3.05, 3.63) is 0 Å². The fourth-order valence-corrected chi connectivity index (χ4v) is 3.98. The summed E-state index contributed by atoms with van der Waals surface area (Å²) < 4.78 is 0. The molecule has 1 aliphatic rings. The van der Waals surface area contributed by atoms with Gasteiger partial charge in [-0.3, -0.25) is 4.90 Å². The molecule has 0 saturated heterocycles. The Kier molecular flexibility index (Phi) is 7.66. The minimum absolute atomic E-state index is 0.179. The van der Waals surface area contributed by atoms with Gasteiger partial charge in [-0.15, -0.1) is 0 Å². The Bertz CT molecular complexity index is 287. The van der Waals surface area contributed by atoms with Gasteiger partial charge in [0.2, 0.25) is 0 Å². The van der Waals surface area contributed by atoms with Crippen LogP contribution in [0, 0.1) is 5.92 Å². The second kappa shape index (κ2) is 8.50. The molecule has 2 unspecified atom stereocenters. The largest absolute Gasteiger partial charge is 0.394 e. The number of nitrogens with one attached hydrogen (secondary N) is 1. The molecule has 0 heterocycles. The van der Waals surface area contributed by atoms with Crippen molar-refractivity contribution in [1.82, 2.24) is 10.2 Å². The molecule has 0 aromatic carbocycles. The van der Waals surface area contributed by atoms with Crippen LogP contribution < -0.4 is 5.32 Å². The summed E-state index contributed by atoms with van der Waals surface area (Å²) in [6, 6.07) is 1.67. The lowest BCUT2D eigenvalue weighted by molar-refractivity contribution is 0.0760. The molecule has 126 valence electrons. The van der Waals surface area contributed by atoms with E-state index in [0.717, 1.165) is 12.5 Å². The average molecular weight is 299 g/mol. The Morgan fingerprint density at radius 1 is 1.14 bits per heavy atom. The van der Waals surface area contributed by atoms with Gasteiger partial charge in [-0.05, 0) is 39.0 Å². The van der Waals surface area contributed by atoms with Crippen molar-refractivity contribution in [3.8, 4) is 0 Å². The van der Waals surface area contributed by atoms with Crippen LogP contribution in [0.15, 0.2) is 0 Å². The van der Waals surface area contributed by atoms with Gasteiger partial charge in [0, 0.05) is 30.2 Å². The molecule has 1 aliphatic carbocycles. The highest BCUT2D eigenvalue weighted by molar-refractivity contribution is 4.91. The average Bonchev–Trinajstić information content (AvgIpc) is 2.88. The number of aliphatic hydroxyl groups is 1. The molecule has 1 fully saturated rings. The lowest BCUT2D eigenvalue weighted by Gasteiger charge is -2.41. The van der Waals surface area contributed by atoms with Crippen molar-refractivity contribution in [2.45, 2.75) is 97.3 Å². The van der Waals surface area contributed by atoms with Crippen LogP contribution in [0.1, 0.15) is 73.6 Å². The minimum atomic E-state index is -0.179. The zero-order valence-corrected chi connectivity index (χ0v) is 15.2. The third kappa shape index (κ3) is 6.25. The van der Waals surface area contributed by atoms with Gasteiger partial charge in [-0.1, -0.05) is 40.5 Å². The highest BCUT2D eigenvalue weighted by atomic mass is 16.3. The molecule has 21 heavy (non-hydrogen) atoms. The summed E-state index contributed by atoms with van der Waals surface area (Å²) in [5, 5.41) is 13.4. The van der Waals surface area contributed by atoms with Crippen LogP contribution in [0.2, 0.25) is 0 Å². The Hall–Kier alpha value is -0.120. The molecule has 2 N–H and O–H groups in total. The SMILES string of the molecule is CC(C)CN(C(C)CC(C)(CO)NC(C)C)C1CCCC1. The van der Waals surface area contributed by atoms with Gasteiger partial charge in [0.15, 0.2) is 0 Å². The zero-order chi connectivity index (χ0) is 16.0. The van der Waals surface area contributed by atoms with Crippen molar-refractivity contribution in [1.29, 1.82) is 0 Å². The van der Waals surface area contributed by atoms with E-state index in [0.29, 0.717) is 18.0 Å². The first-order chi connectivity index (χ1) is 9.77. The number of nitrogens with zero attached hydrogens (tertiary/aromatic N) is 1. The number of rotatable bonds is 9. The van der Waals surface area contributed by atoms with Crippen LogP contribution in [-0.2, 0) is 0 Å². The molecule has 3 heteroatoms. The molecular formula is C18H38N2O. The van der Waals surface area contributed by atoms with Crippen molar-refractivity contribution < 1.29 is 5.11 Å². The lowest BCUT2D eigenvalue weighted by atomic mass is 9.91. The smallest absolute Gasteiger partial charge is 0.0611 e. The van der Waals surface area contributed by atoms with Gasteiger partial charge in [-0.25, -0.2) is 0 Å². The molecule has 0 aliphatic heterocycles. The molecular weight excluding hydrogens is 260 g/mol. The fraction of sp³-hybridized carbons (Fsp3) is 1.00. The number of hydrogen-bond acceptors (Lipinski definition) is 3. The summed E-state index contributed by atoms with van der Waals surface area (Å²) in [6.45, 7) is 14.8. The highest BCUT2D eigenvalue weighted by Crippen LogP contribution is 2.28. The van der Waals surface area contributed by atoms with Crippen molar-refractivity contribution >= 4 is 0 Å². The first-order valence-corrected chi connectivity index (χ1v) is 8.91. The van der Waals surface area contributed by atoms with Gasteiger partial charge in [0.05, 0.1) is 6.61 Å². The van der Waals surface area contributed by atoms with Crippen molar-refractivity contribution in [2.75, 3.05) is 13.2 Å². The highest BCUT2D eigenvalue weighted by Gasteiger charge is 2.32. The normalized spacial score (nSPS) is 21.4. The Morgan fingerprint density at radius 3 is 2.14 bits per heavy atom. The Labute approximate surface area is 132 Å². The third-order valence-corrected chi connectivity index (χ3v) is 4.67. The molecule has 1 saturated carbocycles. The lowest BCUT2D eigenvalue weighted by Crippen LogP contribution is -2.54. The van der Waals surface area contributed by atoms with Gasteiger partial charge in [-0.2, -0.15) is 0 Å². The summed E-state index contributed by atoms with van der Waals surface area (Å²) in [6.07, 6.45) is 6.47. The first-order valence-electron chi connectivity index (χ1n) is 8.91. The third-order valence-electron chi connectivity index (χ3n) is 4.67. The second-order valence-corrected chi connectivity index (χ2v) is 8.10. The maximum atomic E-state index is 9.83. The first kappa shape index (κ1) is 18.9. The van der Waals surface area contributed by atoms with Crippen molar-refractivity contribution in [2.24, 2.45) is 5.92 Å². The van der Waals surface area contributed by atoms with Gasteiger partial charge in [0.1, 0.15) is 0 Å². The predicted molar refractivity (Wildman–Crippen MR) is 91.6 cm³/mol. The van der Waals surface area contributed by atoms with Crippen LogP contribution >= 0.6 is 0 Å². The molecule has 0 spiro atoms. The van der Waals surface area contributed by atoms with Crippen LogP contribution in [0.3, 0.4) is 0 Å². The summed E-state index contributed by atoms with van der Waals surface area (Å²) >= 11 is 0. The van der Waals surface area contributed by atoms with Gasteiger partial charge < -0.3 is 10.4 Å². The van der Waals surface area contributed by atoms with Crippen LogP contribution in [0.5, 0.6) is 0 Å². The molecule has 1 rings (SSSR count). The quantitative estimate of drug-likeness (QED) is 0.685. The maximum Gasteiger partial charge on any atom is 0.0611 e. The van der Waals surface area contributed by atoms with Gasteiger partial charge >= 0.3 is 0 Å². The summed E-state index contributed by atoms with van der Waals surface area (Å²) in [7, 11) is 0. The summed E-state index contributed by atoms with van der Waals surface area (Å²) in [5.74, 6) is 0.700. The van der Waals surface area contributed by atoms with E-state index in [1.165, 1.54) is 32.2 Å². The van der Waals surface area contributed by atoms with E-state index in [2.05, 4.69) is 51.8 Å². The topological polar surface area (TPSA) is 35.5 Å². The van der Waals surface area contributed by atoms with E-state index in [4.69, 9.17) is 0 Å². The summed E-state index contributed by atoms with van der Waals surface area (Å²) in [5.41, 5.74) is -0.179. The van der Waals surface area contributed by atoms with Crippen LogP contribution in [0.25, 0.3) is 0 Å². The van der Waals surface area contributed by atoms with E-state index in [-0.39, 0.29) is 12.1 Å². The maximum absolute atomic E-state index is 9.83. The van der Waals surface area contributed by atoms with E-state index in [1.807, 2.05) is 0 Å². The van der Waals surface area contributed by atoms with Crippen LogP contribution in [0.4, 0.5) is 0 Å². The standard InChI is InChI=1S/C18H38N2O/c1-14(2)12-20(17-9-7-8-10-17)16(5)11-18(6,13-21)19-15(3)4/h14-17,19,21H,7-13H2,1-6H3. The van der Waals surface area contributed by atoms with Crippen LogP contribution in [-0.4, -0.2) is 46.8 Å². The van der Waals surface area contributed by atoms with E-state index in [1.54, 1.807) is 0 Å². The van der Waals surface area contributed by atoms with E-state index >= 15 is 0 Å². The molecule has 0 radical (unpaired) electrons. The molecule has 0 aromatic rings. The van der Waals surface area contributed by atoms with Crippen molar-refractivity contribution in [3.63, 3.8) is 0 Å². The fourth-order valence-electron chi connectivity index (χ4n) is 3.98. The summed E-state index contributed by atoms with van der Waals surface area (Å²) in [4.78, 5) is 2.72. The molecule has 2 atom stereocenters. The molecule has 0 bridgehead atoms. The van der Waals surface area contributed by atoms with E-state index < -0.39 is 0 Å². The zero-order valence-electron chi connectivity index (χ0n) is 15.2. The molecule has 3 nitrogen and oxygen atoms in total. The molecule has 0 aromatic heterocycles. The predicted octanol–water partition coefficient (Wildman–Crippen LogP) is 3.41. The Balaban J connectivity index is 2.71. The monoisotopic (exact) mass is 298 g/mol.